The third kappa shape index (κ3) is 11.6. The van der Waals surface area contributed by atoms with Gasteiger partial charge in [0.05, 0.1) is 0 Å². The minimum absolute atomic E-state index is 0.190. The largest absolute Gasteiger partial charge is 0.480 e. The fourth-order valence-electron chi connectivity index (χ4n) is 0.0781. The molecule has 6 heteroatoms. The van der Waals surface area contributed by atoms with Crippen molar-refractivity contribution in [1.29, 1.82) is 0 Å². The Morgan fingerprint density at radius 3 is 2.30 bits per heavy atom. The van der Waals surface area contributed by atoms with Gasteiger partial charge in [-0.1, -0.05) is 0 Å². The summed E-state index contributed by atoms with van der Waals surface area (Å²) >= 11 is 6.99. The van der Waals surface area contributed by atoms with E-state index in [-0.39, 0.29) is 5.75 Å². The van der Waals surface area contributed by atoms with Gasteiger partial charge in [-0.2, -0.15) is 12.6 Å². The molecule has 0 radical (unpaired) electrons. The average molecular weight is 295 g/mol. The van der Waals surface area contributed by atoms with E-state index < -0.39 is 12.0 Å². The number of rotatable bonds is 2. The van der Waals surface area contributed by atoms with Gasteiger partial charge < -0.3 is 10.8 Å². The summed E-state index contributed by atoms with van der Waals surface area (Å²) in [5, 5.41) is 8.01. The Morgan fingerprint density at radius 1 is 2.00 bits per heavy atom. The Hall–Kier alpha value is 0.819. The first-order chi connectivity index (χ1) is 4.59. The molecular formula is C4H11NO2SSe2. The number of hydrogen-bond donors (Lipinski definition) is 3. The molecule has 0 saturated carbocycles. The van der Waals surface area contributed by atoms with Crippen molar-refractivity contribution in [3.8, 4) is 0 Å². The van der Waals surface area contributed by atoms with Crippen LogP contribution in [0.25, 0.3) is 0 Å². The molecule has 0 heterocycles. The van der Waals surface area contributed by atoms with E-state index in [0.717, 1.165) is 13.1 Å². The van der Waals surface area contributed by atoms with Gasteiger partial charge in [0.25, 0.3) is 0 Å². The van der Waals surface area contributed by atoms with Gasteiger partial charge in [0.15, 0.2) is 0 Å². The topological polar surface area (TPSA) is 63.3 Å². The van der Waals surface area contributed by atoms with Crippen LogP contribution < -0.4 is 5.73 Å². The minimum atomic E-state index is -1.00. The second-order valence-corrected chi connectivity index (χ2v) is 6.42. The summed E-state index contributed by atoms with van der Waals surface area (Å²) in [6.45, 7) is 0. The van der Waals surface area contributed by atoms with E-state index in [1.807, 2.05) is 0 Å². The predicted molar refractivity (Wildman–Crippen MR) is 48.2 cm³/mol. The molecule has 0 bridgehead atoms. The van der Waals surface area contributed by atoms with E-state index in [2.05, 4.69) is 32.6 Å². The van der Waals surface area contributed by atoms with Gasteiger partial charge in [-0.05, 0) is 0 Å². The van der Waals surface area contributed by atoms with E-state index in [4.69, 9.17) is 10.8 Å². The van der Waals surface area contributed by atoms with Crippen LogP contribution in [-0.4, -0.2) is 50.2 Å². The van der Waals surface area contributed by atoms with Gasteiger partial charge in [-0.3, -0.25) is 4.79 Å². The van der Waals surface area contributed by atoms with Crippen molar-refractivity contribution in [3.63, 3.8) is 0 Å². The Balaban J connectivity index is 0. The van der Waals surface area contributed by atoms with Gasteiger partial charge in [0.2, 0.25) is 0 Å². The maximum atomic E-state index is 9.76. The molecule has 0 amide bonds. The van der Waals surface area contributed by atoms with Crippen LogP contribution in [0.2, 0.25) is 5.82 Å². The minimum Gasteiger partial charge on any atom is -0.480 e. The van der Waals surface area contributed by atoms with Crippen molar-refractivity contribution in [2.45, 2.75) is 11.9 Å². The molecular weight excluding hydrogens is 284 g/mol. The van der Waals surface area contributed by atoms with E-state index in [1.165, 1.54) is 0 Å². The van der Waals surface area contributed by atoms with Crippen LogP contribution in [0.4, 0.5) is 0 Å². The van der Waals surface area contributed by atoms with Crippen molar-refractivity contribution in [2.75, 3.05) is 5.75 Å². The van der Waals surface area contributed by atoms with Gasteiger partial charge >= 0.3 is 39.1 Å². The quantitative estimate of drug-likeness (QED) is 0.447. The smallest absolute Gasteiger partial charge is 0.321 e. The molecule has 3 nitrogen and oxygen atoms in total. The van der Waals surface area contributed by atoms with Gasteiger partial charge in [-0.15, -0.1) is 0 Å². The van der Waals surface area contributed by atoms with E-state index in [0.29, 0.717) is 0 Å². The standard InChI is InChI=1S/C3H7NO2S.CH4Se2/c4-2(1-7)3(5)6;1-3-2/h2,7H,1,4H2,(H,5,6);2H,1H3/t2-;/m0./s1. The van der Waals surface area contributed by atoms with E-state index in [1.54, 1.807) is 0 Å². The number of nitrogens with two attached hydrogens (primary N) is 1. The number of thiol groups is 1. The molecule has 0 unspecified atom stereocenters. The van der Waals surface area contributed by atoms with Crippen LogP contribution in [0.1, 0.15) is 0 Å². The average Bonchev–Trinajstić information content (AvgIpc) is 1.88. The van der Waals surface area contributed by atoms with Gasteiger partial charge in [-0.25, -0.2) is 0 Å². The molecule has 0 aromatic rings. The van der Waals surface area contributed by atoms with Crippen LogP contribution in [-0.2, 0) is 4.79 Å². The summed E-state index contributed by atoms with van der Waals surface area (Å²) in [5.41, 5.74) is 4.94. The summed E-state index contributed by atoms with van der Waals surface area (Å²) < 4.78 is 0. The number of carbonyl (C=O) groups is 1. The van der Waals surface area contributed by atoms with Crippen LogP contribution >= 0.6 is 12.6 Å². The number of carboxylic acids is 1. The second-order valence-electron chi connectivity index (χ2n) is 1.31. The molecule has 0 aromatic carbocycles. The summed E-state index contributed by atoms with van der Waals surface area (Å²) in [4.78, 5) is 9.76. The maximum Gasteiger partial charge on any atom is 0.321 e. The van der Waals surface area contributed by atoms with Crippen molar-refractivity contribution in [1.82, 2.24) is 0 Å². The van der Waals surface area contributed by atoms with Crippen LogP contribution in [0.5, 0.6) is 0 Å². The molecule has 0 fully saturated rings. The van der Waals surface area contributed by atoms with Gasteiger partial charge in [0.1, 0.15) is 6.04 Å². The Kier molecular flexibility index (Phi) is 13.2. The molecule has 0 rings (SSSR count). The third-order valence-electron chi connectivity index (χ3n) is 0.514. The Bertz CT molecular complexity index is 93.3. The zero-order chi connectivity index (χ0) is 8.57. The molecule has 1 atom stereocenters. The Morgan fingerprint density at radius 2 is 2.30 bits per heavy atom. The fourth-order valence-corrected chi connectivity index (χ4v) is 0.234. The molecule has 0 aliphatic rings. The van der Waals surface area contributed by atoms with E-state index in [9.17, 15) is 4.79 Å². The first kappa shape index (κ1) is 13.4. The monoisotopic (exact) mass is 297 g/mol. The first-order valence-electron chi connectivity index (χ1n) is 2.37. The molecule has 0 spiro atoms. The molecule has 3 N–H and O–H groups in total. The summed E-state index contributed by atoms with van der Waals surface area (Å²) in [5.74, 6) is 1.34. The zero-order valence-electron chi connectivity index (χ0n) is 5.52. The molecule has 0 aromatic heterocycles. The first-order valence-corrected chi connectivity index (χ1v) is 9.46. The zero-order valence-corrected chi connectivity index (χ0v) is 10.0. The number of hydrogen-bond acceptors (Lipinski definition) is 3. The molecule has 0 saturated heterocycles. The SMILES string of the molecule is C[Se][SeH].N[C@@H](CS)C(=O)O. The molecule has 0 aliphatic carbocycles. The summed E-state index contributed by atoms with van der Waals surface area (Å²) in [6, 6.07) is -0.816. The van der Waals surface area contributed by atoms with Crippen molar-refractivity contribution < 1.29 is 9.90 Å². The van der Waals surface area contributed by atoms with Crippen LogP contribution in [0.15, 0.2) is 0 Å². The number of aliphatic carboxylic acids is 1. The third-order valence-corrected chi connectivity index (χ3v) is 0.907. The summed E-state index contributed by atoms with van der Waals surface area (Å²) in [7, 11) is 0. The molecule has 10 heavy (non-hydrogen) atoms. The normalized spacial score (nSPS) is 11.2. The van der Waals surface area contributed by atoms with Crippen molar-refractivity contribution in [3.05, 3.63) is 0 Å². The summed E-state index contributed by atoms with van der Waals surface area (Å²) in [6.07, 6.45) is 0. The van der Waals surface area contributed by atoms with Crippen molar-refractivity contribution in [2.24, 2.45) is 5.73 Å². The predicted octanol–water partition coefficient (Wildman–Crippen LogP) is -1.12. The van der Waals surface area contributed by atoms with Crippen molar-refractivity contribution >= 4 is 45.9 Å². The van der Waals surface area contributed by atoms with Gasteiger partial charge in [0, 0.05) is 5.75 Å². The Labute approximate surface area is 79.1 Å². The van der Waals surface area contributed by atoms with Crippen LogP contribution in [0.3, 0.4) is 0 Å². The second kappa shape index (κ2) is 9.82. The van der Waals surface area contributed by atoms with E-state index >= 15 is 0 Å². The fraction of sp³-hybridized carbons (Fsp3) is 0.750. The molecule has 62 valence electrons. The van der Waals surface area contributed by atoms with Crippen LogP contribution in [0, 0.1) is 0 Å². The number of carboxylic acid groups (broad SMARTS) is 1. The maximum absolute atomic E-state index is 9.76. The molecule has 0 aliphatic heterocycles.